The molecule has 1 aromatic rings. The van der Waals surface area contributed by atoms with Crippen molar-refractivity contribution in [1.29, 1.82) is 0 Å². The molecule has 0 spiro atoms. The monoisotopic (exact) mass is 309 g/mol. The number of nitrogens with one attached hydrogen (secondary N) is 2. The Morgan fingerprint density at radius 2 is 1.95 bits per heavy atom. The summed E-state index contributed by atoms with van der Waals surface area (Å²) >= 11 is 1.62. The maximum atomic E-state index is 12.3. The molecule has 0 radical (unpaired) electrons. The van der Waals surface area contributed by atoms with Gasteiger partial charge in [-0.3, -0.25) is 4.79 Å². The zero-order chi connectivity index (χ0) is 15.8. The minimum atomic E-state index is -0.681. The third kappa shape index (κ3) is 5.67. The molecule has 0 fully saturated rings. The van der Waals surface area contributed by atoms with Gasteiger partial charge >= 0.3 is 6.03 Å². The van der Waals surface area contributed by atoms with Crippen LogP contribution in [0, 0.1) is 6.92 Å². The van der Waals surface area contributed by atoms with Crippen molar-refractivity contribution in [3.05, 3.63) is 35.4 Å². The molecule has 2 unspecified atom stereocenters. The summed E-state index contributed by atoms with van der Waals surface area (Å²) in [5.74, 6) is 0.565. The van der Waals surface area contributed by atoms with Gasteiger partial charge in [0.15, 0.2) is 0 Å². The van der Waals surface area contributed by atoms with E-state index in [9.17, 15) is 9.59 Å². The number of thioether (sulfide) groups is 1. The molecule has 3 amide bonds. The van der Waals surface area contributed by atoms with E-state index in [-0.39, 0.29) is 11.9 Å². The van der Waals surface area contributed by atoms with E-state index in [1.807, 2.05) is 44.4 Å². The van der Waals surface area contributed by atoms with Gasteiger partial charge in [-0.25, -0.2) is 4.79 Å². The number of urea groups is 1. The molecular formula is C15H23N3O2S. The average molecular weight is 309 g/mol. The van der Waals surface area contributed by atoms with Gasteiger partial charge in [0.1, 0.15) is 6.04 Å². The number of hydrogen-bond donors (Lipinski definition) is 3. The number of aryl methyl sites for hydroxylation is 1. The lowest BCUT2D eigenvalue weighted by atomic mass is 10.0. The summed E-state index contributed by atoms with van der Waals surface area (Å²) in [6.45, 7) is 3.93. The third-order valence-electron chi connectivity index (χ3n) is 3.26. The predicted molar refractivity (Wildman–Crippen MR) is 87.2 cm³/mol. The summed E-state index contributed by atoms with van der Waals surface area (Å²) in [4.78, 5) is 23.3. The van der Waals surface area contributed by atoms with Crippen molar-refractivity contribution in [2.45, 2.75) is 32.4 Å². The summed E-state index contributed by atoms with van der Waals surface area (Å²) in [5, 5.41) is 5.43. The van der Waals surface area contributed by atoms with E-state index in [0.717, 1.165) is 16.9 Å². The number of nitrogens with two attached hydrogens (primary N) is 1. The SMILES string of the molecule is CSCCC(NC(N)=O)C(=O)NC(C)c1ccccc1C. The first-order chi connectivity index (χ1) is 9.95. The van der Waals surface area contributed by atoms with Gasteiger partial charge in [-0.1, -0.05) is 24.3 Å². The molecule has 1 aromatic carbocycles. The van der Waals surface area contributed by atoms with Gasteiger partial charge in [-0.05, 0) is 43.4 Å². The molecule has 4 N–H and O–H groups in total. The molecule has 2 atom stereocenters. The Morgan fingerprint density at radius 1 is 1.29 bits per heavy atom. The van der Waals surface area contributed by atoms with Crippen molar-refractivity contribution in [3.63, 3.8) is 0 Å². The highest BCUT2D eigenvalue weighted by Gasteiger charge is 2.21. The number of hydrogen-bond acceptors (Lipinski definition) is 3. The summed E-state index contributed by atoms with van der Waals surface area (Å²) < 4.78 is 0. The van der Waals surface area contributed by atoms with E-state index in [0.29, 0.717) is 6.42 Å². The van der Waals surface area contributed by atoms with E-state index in [1.165, 1.54) is 0 Å². The quantitative estimate of drug-likeness (QED) is 0.720. The van der Waals surface area contributed by atoms with E-state index < -0.39 is 12.1 Å². The summed E-state index contributed by atoms with van der Waals surface area (Å²) in [6.07, 6.45) is 2.51. The third-order valence-corrected chi connectivity index (χ3v) is 3.90. The van der Waals surface area contributed by atoms with Gasteiger partial charge in [0.2, 0.25) is 5.91 Å². The highest BCUT2D eigenvalue weighted by molar-refractivity contribution is 7.98. The van der Waals surface area contributed by atoms with Crippen LogP contribution >= 0.6 is 11.8 Å². The highest BCUT2D eigenvalue weighted by Crippen LogP contribution is 2.17. The van der Waals surface area contributed by atoms with Gasteiger partial charge in [0.25, 0.3) is 0 Å². The molecule has 0 heterocycles. The molecule has 6 heteroatoms. The standard InChI is InChI=1S/C15H23N3O2S/c1-10-6-4-5-7-12(10)11(2)17-14(19)13(8-9-21-3)18-15(16)20/h4-7,11,13H,8-9H2,1-3H3,(H,17,19)(H3,16,18,20). The Hall–Kier alpha value is -1.69. The van der Waals surface area contributed by atoms with Crippen molar-refractivity contribution in [3.8, 4) is 0 Å². The van der Waals surface area contributed by atoms with Crippen LogP contribution in [0.1, 0.15) is 30.5 Å². The lowest BCUT2D eigenvalue weighted by molar-refractivity contribution is -0.123. The molecule has 0 aromatic heterocycles. The van der Waals surface area contributed by atoms with E-state index >= 15 is 0 Å². The number of rotatable bonds is 7. The second kappa shape index (κ2) is 8.56. The van der Waals surface area contributed by atoms with Crippen molar-refractivity contribution >= 4 is 23.7 Å². The lowest BCUT2D eigenvalue weighted by Gasteiger charge is -2.21. The Balaban J connectivity index is 2.71. The maximum Gasteiger partial charge on any atom is 0.312 e. The highest BCUT2D eigenvalue weighted by atomic mass is 32.2. The topological polar surface area (TPSA) is 84.2 Å². The second-order valence-electron chi connectivity index (χ2n) is 4.93. The molecular weight excluding hydrogens is 286 g/mol. The van der Waals surface area contributed by atoms with E-state index in [4.69, 9.17) is 5.73 Å². The first-order valence-corrected chi connectivity index (χ1v) is 8.26. The van der Waals surface area contributed by atoms with Crippen LogP contribution in [0.5, 0.6) is 0 Å². The molecule has 0 aliphatic carbocycles. The minimum absolute atomic E-state index is 0.120. The van der Waals surface area contributed by atoms with Crippen LogP contribution in [-0.4, -0.2) is 30.0 Å². The van der Waals surface area contributed by atoms with Crippen molar-refractivity contribution in [1.82, 2.24) is 10.6 Å². The fourth-order valence-corrected chi connectivity index (χ4v) is 2.61. The Kier molecular flexibility index (Phi) is 7.08. The molecule has 1 rings (SSSR count). The minimum Gasteiger partial charge on any atom is -0.352 e. The van der Waals surface area contributed by atoms with Gasteiger partial charge in [0.05, 0.1) is 6.04 Å². The molecule has 0 saturated carbocycles. The van der Waals surface area contributed by atoms with Crippen LogP contribution in [0.3, 0.4) is 0 Å². The Bertz CT molecular complexity index is 494. The largest absolute Gasteiger partial charge is 0.352 e. The second-order valence-corrected chi connectivity index (χ2v) is 5.92. The van der Waals surface area contributed by atoms with Crippen LogP contribution in [0.2, 0.25) is 0 Å². The Labute approximate surface area is 130 Å². The predicted octanol–water partition coefficient (Wildman–Crippen LogP) is 1.96. The molecule has 0 aliphatic heterocycles. The van der Waals surface area contributed by atoms with Crippen molar-refractivity contribution in [2.75, 3.05) is 12.0 Å². The summed E-state index contributed by atoms with van der Waals surface area (Å²) in [5.41, 5.74) is 7.31. The number of carbonyl (C=O) groups is 2. The normalized spacial score (nSPS) is 13.3. The van der Waals surface area contributed by atoms with Gasteiger partial charge < -0.3 is 16.4 Å². The van der Waals surface area contributed by atoms with Crippen LogP contribution in [-0.2, 0) is 4.79 Å². The average Bonchev–Trinajstić information content (AvgIpc) is 2.43. The number of carbonyl (C=O) groups excluding carboxylic acids is 2. The van der Waals surface area contributed by atoms with E-state index in [2.05, 4.69) is 10.6 Å². The van der Waals surface area contributed by atoms with Crippen molar-refractivity contribution in [2.24, 2.45) is 5.73 Å². The Morgan fingerprint density at radius 3 is 2.52 bits per heavy atom. The zero-order valence-electron chi connectivity index (χ0n) is 12.7. The lowest BCUT2D eigenvalue weighted by Crippen LogP contribution is -2.49. The van der Waals surface area contributed by atoms with Crippen LogP contribution in [0.15, 0.2) is 24.3 Å². The molecule has 0 aliphatic rings. The zero-order valence-corrected chi connectivity index (χ0v) is 13.5. The van der Waals surface area contributed by atoms with Crippen LogP contribution < -0.4 is 16.4 Å². The van der Waals surface area contributed by atoms with E-state index in [1.54, 1.807) is 11.8 Å². The number of benzene rings is 1. The fourth-order valence-electron chi connectivity index (χ4n) is 2.14. The maximum absolute atomic E-state index is 12.3. The molecule has 0 bridgehead atoms. The molecule has 0 saturated heterocycles. The van der Waals surface area contributed by atoms with Gasteiger partial charge in [0, 0.05) is 0 Å². The number of primary amides is 1. The molecule has 5 nitrogen and oxygen atoms in total. The van der Waals surface area contributed by atoms with Gasteiger partial charge in [-0.2, -0.15) is 11.8 Å². The van der Waals surface area contributed by atoms with Crippen molar-refractivity contribution < 1.29 is 9.59 Å². The smallest absolute Gasteiger partial charge is 0.312 e. The number of amides is 3. The first-order valence-electron chi connectivity index (χ1n) is 6.86. The summed E-state index contributed by atoms with van der Waals surface area (Å²) in [7, 11) is 0. The van der Waals surface area contributed by atoms with Gasteiger partial charge in [-0.15, -0.1) is 0 Å². The summed E-state index contributed by atoms with van der Waals surface area (Å²) in [6, 6.07) is 6.50. The molecule has 21 heavy (non-hydrogen) atoms. The fraction of sp³-hybridized carbons (Fsp3) is 0.467. The molecule has 116 valence electrons. The van der Waals surface area contributed by atoms with Crippen LogP contribution in [0.25, 0.3) is 0 Å². The van der Waals surface area contributed by atoms with Crippen LogP contribution in [0.4, 0.5) is 4.79 Å². The first kappa shape index (κ1) is 17.4.